The first-order chi connectivity index (χ1) is 13.6. The van der Waals surface area contributed by atoms with Gasteiger partial charge < -0.3 is 19.7 Å². The Bertz CT molecular complexity index is 850. The van der Waals surface area contributed by atoms with E-state index >= 15 is 0 Å². The third kappa shape index (κ3) is 4.05. The normalized spacial score (nSPS) is 17.9. The Labute approximate surface area is 162 Å². The van der Waals surface area contributed by atoms with Gasteiger partial charge in [0.25, 0.3) is 0 Å². The molecule has 28 heavy (non-hydrogen) atoms. The molecule has 1 N–H and O–H groups in total. The Morgan fingerprint density at radius 3 is 2.68 bits per heavy atom. The molecule has 0 aliphatic carbocycles. The molecule has 1 spiro atoms. The van der Waals surface area contributed by atoms with Crippen LogP contribution in [0.5, 0.6) is 0 Å². The minimum Gasteiger partial charge on any atom is -0.430 e. The summed E-state index contributed by atoms with van der Waals surface area (Å²) in [5.41, 5.74) is 1.35. The second kappa shape index (κ2) is 7.84. The van der Waals surface area contributed by atoms with Crippen molar-refractivity contribution in [3.63, 3.8) is 0 Å². The minimum absolute atomic E-state index is 0.126. The Balaban J connectivity index is 1.25. The van der Waals surface area contributed by atoms with Crippen LogP contribution in [0.15, 0.2) is 42.6 Å². The van der Waals surface area contributed by atoms with Crippen molar-refractivity contribution >= 4 is 12.2 Å². The third-order valence-electron chi connectivity index (χ3n) is 5.11. The van der Waals surface area contributed by atoms with E-state index in [4.69, 9.17) is 9.47 Å². The Morgan fingerprint density at radius 2 is 1.96 bits per heavy atom. The van der Waals surface area contributed by atoms with Crippen LogP contribution in [0.4, 0.5) is 9.59 Å². The van der Waals surface area contributed by atoms with Gasteiger partial charge in [-0.25, -0.2) is 19.6 Å². The first-order valence-corrected chi connectivity index (χ1v) is 9.39. The van der Waals surface area contributed by atoms with Gasteiger partial charge in [-0.2, -0.15) is 0 Å². The van der Waals surface area contributed by atoms with Gasteiger partial charge >= 0.3 is 12.2 Å². The fraction of sp³-hybridized carbons (Fsp3) is 0.400. The summed E-state index contributed by atoms with van der Waals surface area (Å²) in [6, 6.07) is 11.7. The zero-order valence-corrected chi connectivity index (χ0v) is 15.5. The lowest BCUT2D eigenvalue weighted by Crippen LogP contribution is -2.51. The molecule has 0 saturated carbocycles. The standard InChI is InChI=1S/C20H22N4O4/c25-18(24-12-8-20(9-13-24)14-27-19(26)28-20)22-11-7-17-21-10-6-16(23-17)15-4-2-1-3-5-15/h1-6,10H,7-9,11-14H2,(H,22,25). The number of hydrogen-bond donors (Lipinski definition) is 1. The highest BCUT2D eigenvalue weighted by Crippen LogP contribution is 2.31. The van der Waals surface area contributed by atoms with Gasteiger partial charge in [0.1, 0.15) is 12.4 Å². The number of cyclic esters (lactones) is 1. The molecular formula is C20H22N4O4. The molecule has 2 amide bonds. The molecule has 2 aliphatic heterocycles. The van der Waals surface area contributed by atoms with E-state index in [-0.39, 0.29) is 12.6 Å². The lowest BCUT2D eigenvalue weighted by molar-refractivity contribution is 0.00940. The van der Waals surface area contributed by atoms with E-state index in [9.17, 15) is 9.59 Å². The molecule has 1 aromatic heterocycles. The number of carbonyl (C=O) groups excluding carboxylic acids is 2. The van der Waals surface area contributed by atoms with Crippen molar-refractivity contribution in [2.75, 3.05) is 26.2 Å². The molecule has 2 saturated heterocycles. The average molecular weight is 382 g/mol. The zero-order chi connectivity index (χ0) is 19.4. The quantitative estimate of drug-likeness (QED) is 0.816. The summed E-state index contributed by atoms with van der Waals surface area (Å²) in [4.78, 5) is 34.1. The maximum atomic E-state index is 12.4. The third-order valence-corrected chi connectivity index (χ3v) is 5.11. The molecule has 1 aromatic carbocycles. The van der Waals surface area contributed by atoms with Crippen molar-refractivity contribution in [1.82, 2.24) is 20.2 Å². The summed E-state index contributed by atoms with van der Waals surface area (Å²) in [5, 5.41) is 2.92. The molecule has 4 rings (SSSR count). The number of nitrogens with one attached hydrogen (secondary N) is 1. The van der Waals surface area contributed by atoms with Crippen molar-refractivity contribution in [3.05, 3.63) is 48.4 Å². The highest BCUT2D eigenvalue weighted by atomic mass is 16.8. The minimum atomic E-state index is -0.615. The second-order valence-corrected chi connectivity index (χ2v) is 7.02. The van der Waals surface area contributed by atoms with Crippen LogP contribution in [-0.4, -0.2) is 58.9 Å². The topological polar surface area (TPSA) is 93.7 Å². The van der Waals surface area contributed by atoms with Gasteiger partial charge in [0, 0.05) is 50.7 Å². The van der Waals surface area contributed by atoms with Crippen molar-refractivity contribution in [2.24, 2.45) is 0 Å². The van der Waals surface area contributed by atoms with Gasteiger partial charge in [-0.15, -0.1) is 0 Å². The van der Waals surface area contributed by atoms with E-state index in [2.05, 4.69) is 15.3 Å². The largest absolute Gasteiger partial charge is 0.509 e. The van der Waals surface area contributed by atoms with Gasteiger partial charge in [-0.05, 0) is 6.07 Å². The number of ether oxygens (including phenoxy) is 2. The predicted molar refractivity (Wildman–Crippen MR) is 101 cm³/mol. The van der Waals surface area contributed by atoms with E-state index in [1.54, 1.807) is 11.1 Å². The summed E-state index contributed by atoms with van der Waals surface area (Å²) in [7, 11) is 0. The predicted octanol–water partition coefficient (Wildman–Crippen LogP) is 2.40. The van der Waals surface area contributed by atoms with Crippen LogP contribution in [0.25, 0.3) is 11.3 Å². The number of aromatic nitrogens is 2. The maximum absolute atomic E-state index is 12.4. The Kier molecular flexibility index (Phi) is 5.10. The maximum Gasteiger partial charge on any atom is 0.509 e. The Morgan fingerprint density at radius 1 is 1.18 bits per heavy atom. The number of likely N-dealkylation sites (tertiary alicyclic amines) is 1. The smallest absolute Gasteiger partial charge is 0.430 e. The van der Waals surface area contributed by atoms with Crippen LogP contribution in [0.2, 0.25) is 0 Å². The van der Waals surface area contributed by atoms with E-state index in [1.165, 1.54) is 0 Å². The lowest BCUT2D eigenvalue weighted by Gasteiger charge is -2.36. The van der Waals surface area contributed by atoms with E-state index in [1.807, 2.05) is 36.4 Å². The van der Waals surface area contributed by atoms with Gasteiger partial charge in [0.15, 0.2) is 5.60 Å². The van der Waals surface area contributed by atoms with Gasteiger partial charge in [-0.3, -0.25) is 0 Å². The van der Waals surface area contributed by atoms with Gasteiger partial charge in [0.2, 0.25) is 0 Å². The number of nitrogens with zero attached hydrogens (tertiary/aromatic N) is 3. The van der Waals surface area contributed by atoms with Crippen molar-refractivity contribution in [1.29, 1.82) is 0 Å². The van der Waals surface area contributed by atoms with Gasteiger partial charge in [0.05, 0.1) is 5.69 Å². The van der Waals surface area contributed by atoms with Crippen molar-refractivity contribution < 1.29 is 19.1 Å². The summed E-state index contributed by atoms with van der Waals surface area (Å²) >= 11 is 0. The number of rotatable bonds is 4. The van der Waals surface area contributed by atoms with Crippen molar-refractivity contribution in [2.45, 2.75) is 24.9 Å². The van der Waals surface area contributed by atoms with Crippen LogP contribution in [0.3, 0.4) is 0 Å². The highest BCUT2D eigenvalue weighted by Gasteiger charge is 2.45. The molecule has 2 aromatic rings. The van der Waals surface area contributed by atoms with Crippen LogP contribution >= 0.6 is 0 Å². The zero-order valence-electron chi connectivity index (χ0n) is 15.5. The molecular weight excluding hydrogens is 360 g/mol. The highest BCUT2D eigenvalue weighted by molar-refractivity contribution is 5.74. The fourth-order valence-corrected chi connectivity index (χ4v) is 3.47. The molecule has 2 aliphatic rings. The molecule has 8 heteroatoms. The number of urea groups is 1. The second-order valence-electron chi connectivity index (χ2n) is 7.02. The molecule has 8 nitrogen and oxygen atoms in total. The van der Waals surface area contributed by atoms with E-state index < -0.39 is 11.8 Å². The van der Waals surface area contributed by atoms with Crippen LogP contribution in [0, 0.1) is 0 Å². The number of piperidine rings is 1. The first-order valence-electron chi connectivity index (χ1n) is 9.39. The monoisotopic (exact) mass is 382 g/mol. The fourth-order valence-electron chi connectivity index (χ4n) is 3.47. The van der Waals surface area contributed by atoms with Crippen molar-refractivity contribution in [3.8, 4) is 11.3 Å². The van der Waals surface area contributed by atoms with E-state index in [0.29, 0.717) is 44.7 Å². The first kappa shape index (κ1) is 18.2. The molecule has 0 atom stereocenters. The lowest BCUT2D eigenvalue weighted by atomic mass is 9.92. The molecule has 146 valence electrons. The molecule has 0 bridgehead atoms. The molecule has 0 radical (unpaired) electrons. The Hall–Kier alpha value is -3.16. The summed E-state index contributed by atoms with van der Waals surface area (Å²) in [5.74, 6) is 0.689. The van der Waals surface area contributed by atoms with Crippen LogP contribution < -0.4 is 5.32 Å². The van der Waals surface area contributed by atoms with E-state index in [0.717, 1.165) is 11.3 Å². The SMILES string of the molecule is O=C1OCC2(CCN(C(=O)NCCc3nccc(-c4ccccc4)n3)CC2)O1. The molecule has 3 heterocycles. The number of amides is 2. The van der Waals surface area contributed by atoms with Gasteiger partial charge in [-0.1, -0.05) is 30.3 Å². The summed E-state index contributed by atoms with van der Waals surface area (Å²) in [6.07, 6.45) is 2.86. The summed E-state index contributed by atoms with van der Waals surface area (Å²) < 4.78 is 10.2. The molecule has 0 unspecified atom stereocenters. The average Bonchev–Trinajstić information content (AvgIpc) is 3.09. The molecule has 2 fully saturated rings. The number of carbonyl (C=O) groups is 2. The number of benzene rings is 1. The number of hydrogen-bond acceptors (Lipinski definition) is 6. The summed E-state index contributed by atoms with van der Waals surface area (Å²) in [6.45, 7) is 1.79. The van der Waals surface area contributed by atoms with Crippen LogP contribution in [-0.2, 0) is 15.9 Å². The van der Waals surface area contributed by atoms with Crippen LogP contribution in [0.1, 0.15) is 18.7 Å².